The second kappa shape index (κ2) is 5.58. The number of anilines is 1. The van der Waals surface area contributed by atoms with Gasteiger partial charge < -0.3 is 5.73 Å². The number of thiazole rings is 1. The van der Waals surface area contributed by atoms with Crippen molar-refractivity contribution in [2.45, 2.75) is 31.0 Å². The van der Waals surface area contributed by atoms with Crippen LogP contribution in [0.1, 0.15) is 23.1 Å². The van der Waals surface area contributed by atoms with Crippen LogP contribution in [0.5, 0.6) is 0 Å². The van der Waals surface area contributed by atoms with Gasteiger partial charge in [-0.25, -0.2) is 13.4 Å². The largest absolute Gasteiger partial charge is 0.326 e. The predicted molar refractivity (Wildman–Crippen MR) is 79.2 cm³/mol. The van der Waals surface area contributed by atoms with Crippen molar-refractivity contribution >= 4 is 37.8 Å². The average Bonchev–Trinajstić information content (AvgIpc) is 2.95. The second-order valence-corrected chi connectivity index (χ2v) is 7.98. The third kappa shape index (κ3) is 3.14. The lowest BCUT2D eigenvalue weighted by Crippen LogP contribution is -2.11. The van der Waals surface area contributed by atoms with Crippen LogP contribution >= 0.6 is 22.7 Å². The number of nitrogens with one attached hydrogen (secondary N) is 1. The maximum atomic E-state index is 12.2. The highest BCUT2D eigenvalue weighted by Crippen LogP contribution is 2.27. The van der Waals surface area contributed by atoms with E-state index in [4.69, 9.17) is 5.73 Å². The Hall–Kier alpha value is -0.960. The molecule has 0 spiro atoms. The first-order chi connectivity index (χ1) is 8.96. The van der Waals surface area contributed by atoms with Crippen LogP contribution in [0.25, 0.3) is 0 Å². The molecule has 2 rings (SSSR count). The number of thiophene rings is 1. The van der Waals surface area contributed by atoms with Gasteiger partial charge in [-0.1, -0.05) is 6.92 Å². The van der Waals surface area contributed by atoms with Gasteiger partial charge in [0.15, 0.2) is 5.13 Å². The summed E-state index contributed by atoms with van der Waals surface area (Å²) in [5.41, 5.74) is 7.22. The van der Waals surface area contributed by atoms with Crippen LogP contribution in [0.15, 0.2) is 15.7 Å². The van der Waals surface area contributed by atoms with Crippen molar-refractivity contribution in [1.82, 2.24) is 4.98 Å². The van der Waals surface area contributed by atoms with Gasteiger partial charge in [-0.3, -0.25) is 4.72 Å². The summed E-state index contributed by atoms with van der Waals surface area (Å²) in [6.07, 6.45) is 0.792. The minimum absolute atomic E-state index is 0.263. The van der Waals surface area contributed by atoms with E-state index in [9.17, 15) is 8.42 Å². The Bertz CT molecular complexity index is 673. The summed E-state index contributed by atoms with van der Waals surface area (Å²) in [6.45, 7) is 4.27. The molecular formula is C11H15N3O2S3. The smallest absolute Gasteiger partial charge is 0.273 e. The number of hydrogen-bond donors (Lipinski definition) is 2. The van der Waals surface area contributed by atoms with E-state index in [0.717, 1.165) is 33.9 Å². The summed E-state index contributed by atoms with van der Waals surface area (Å²) in [5.74, 6) is 0. The van der Waals surface area contributed by atoms with Gasteiger partial charge in [-0.2, -0.15) is 0 Å². The number of sulfonamides is 1. The van der Waals surface area contributed by atoms with Crippen molar-refractivity contribution in [2.24, 2.45) is 5.73 Å². The van der Waals surface area contributed by atoms with E-state index in [1.807, 2.05) is 13.8 Å². The maximum absolute atomic E-state index is 12.2. The molecule has 3 N–H and O–H groups in total. The van der Waals surface area contributed by atoms with Gasteiger partial charge >= 0.3 is 0 Å². The molecule has 2 aromatic rings. The molecule has 0 aliphatic heterocycles. The van der Waals surface area contributed by atoms with Crippen LogP contribution in [0, 0.1) is 6.92 Å². The molecule has 0 aliphatic carbocycles. The fourth-order valence-electron chi connectivity index (χ4n) is 1.57. The molecule has 0 fully saturated rings. The van der Waals surface area contributed by atoms with Crippen molar-refractivity contribution in [3.05, 3.63) is 27.6 Å². The van der Waals surface area contributed by atoms with E-state index in [0.29, 0.717) is 11.7 Å². The summed E-state index contributed by atoms with van der Waals surface area (Å²) in [5, 5.41) is 2.16. The Kier molecular flexibility index (Phi) is 4.24. The molecule has 0 saturated heterocycles. The zero-order valence-electron chi connectivity index (χ0n) is 10.6. The summed E-state index contributed by atoms with van der Waals surface area (Å²) < 4.78 is 27.1. The summed E-state index contributed by atoms with van der Waals surface area (Å²) in [7, 11) is -3.55. The normalized spacial score (nSPS) is 11.7. The quantitative estimate of drug-likeness (QED) is 0.886. The minimum Gasteiger partial charge on any atom is -0.326 e. The molecule has 0 saturated carbocycles. The van der Waals surface area contributed by atoms with Gasteiger partial charge in [0.1, 0.15) is 4.21 Å². The van der Waals surface area contributed by atoms with Crippen LogP contribution in [0.2, 0.25) is 0 Å². The van der Waals surface area contributed by atoms with Crippen molar-refractivity contribution in [2.75, 3.05) is 4.72 Å². The maximum Gasteiger partial charge on any atom is 0.273 e. The minimum atomic E-state index is -3.55. The van der Waals surface area contributed by atoms with Crippen LogP contribution < -0.4 is 10.5 Å². The fourth-order valence-corrected chi connectivity index (χ4v) is 4.93. The Balaban J connectivity index is 2.25. The fraction of sp³-hybridized carbons (Fsp3) is 0.364. The van der Waals surface area contributed by atoms with Gasteiger partial charge in [0, 0.05) is 11.4 Å². The first-order valence-corrected chi connectivity index (χ1v) is 8.90. The topological polar surface area (TPSA) is 85.1 Å². The van der Waals surface area contributed by atoms with Crippen molar-refractivity contribution in [3.63, 3.8) is 0 Å². The third-order valence-electron chi connectivity index (χ3n) is 2.58. The Morgan fingerprint density at radius 1 is 1.47 bits per heavy atom. The highest BCUT2D eigenvalue weighted by atomic mass is 32.2. The van der Waals surface area contributed by atoms with Crippen LogP contribution in [0.3, 0.4) is 0 Å². The number of hydrogen-bond acceptors (Lipinski definition) is 6. The highest BCUT2D eigenvalue weighted by molar-refractivity contribution is 7.94. The van der Waals surface area contributed by atoms with E-state index in [-0.39, 0.29) is 4.21 Å². The standard InChI is InChI=1S/C11H15N3O2S3/c1-3-9-7(2)18-11(13-9)14-19(15,16)10-4-8(5-12)6-17-10/h4,6H,3,5,12H2,1-2H3,(H,13,14). The zero-order chi connectivity index (χ0) is 14.0. The van der Waals surface area contributed by atoms with Crippen molar-refractivity contribution in [3.8, 4) is 0 Å². The number of aromatic nitrogens is 1. The molecule has 19 heavy (non-hydrogen) atoms. The molecule has 0 aromatic carbocycles. The van der Waals surface area contributed by atoms with E-state index in [1.54, 1.807) is 11.4 Å². The number of nitrogens with zero attached hydrogens (tertiary/aromatic N) is 1. The molecule has 0 unspecified atom stereocenters. The van der Waals surface area contributed by atoms with Crippen molar-refractivity contribution in [1.29, 1.82) is 0 Å². The van der Waals surface area contributed by atoms with Gasteiger partial charge in [0.05, 0.1) is 5.69 Å². The molecule has 0 bridgehead atoms. The molecule has 8 heteroatoms. The molecule has 0 aliphatic rings. The van der Waals surface area contributed by atoms with Crippen LogP contribution in [-0.4, -0.2) is 13.4 Å². The lowest BCUT2D eigenvalue weighted by atomic mass is 10.3. The lowest BCUT2D eigenvalue weighted by molar-refractivity contribution is 0.603. The second-order valence-electron chi connectivity index (χ2n) is 3.96. The third-order valence-corrected chi connectivity index (χ3v) is 6.46. The van der Waals surface area contributed by atoms with Gasteiger partial charge in [0.2, 0.25) is 0 Å². The van der Waals surface area contributed by atoms with E-state index < -0.39 is 10.0 Å². The molecule has 5 nitrogen and oxygen atoms in total. The summed E-state index contributed by atoms with van der Waals surface area (Å²) in [6, 6.07) is 1.59. The molecule has 0 radical (unpaired) electrons. The zero-order valence-corrected chi connectivity index (χ0v) is 13.1. The van der Waals surface area contributed by atoms with Crippen molar-refractivity contribution < 1.29 is 8.42 Å². The number of nitrogens with two attached hydrogens (primary N) is 1. The van der Waals surface area contributed by atoms with E-state index >= 15 is 0 Å². The number of rotatable bonds is 5. The monoisotopic (exact) mass is 317 g/mol. The van der Waals surface area contributed by atoms with Gasteiger partial charge in [-0.05, 0) is 30.4 Å². The Labute approximate surface area is 120 Å². The molecule has 0 atom stereocenters. The first-order valence-electron chi connectivity index (χ1n) is 5.73. The Morgan fingerprint density at radius 2 is 2.21 bits per heavy atom. The number of aryl methyl sites for hydroxylation is 2. The molecule has 2 heterocycles. The molecule has 104 valence electrons. The van der Waals surface area contributed by atoms with Gasteiger partial charge in [0.25, 0.3) is 10.0 Å². The van der Waals surface area contributed by atoms with Crippen LogP contribution in [0.4, 0.5) is 5.13 Å². The SMILES string of the molecule is CCc1nc(NS(=O)(=O)c2cc(CN)cs2)sc1C. The van der Waals surface area contributed by atoms with Crippen LogP contribution in [-0.2, 0) is 23.0 Å². The average molecular weight is 317 g/mol. The first kappa shape index (κ1) is 14.4. The lowest BCUT2D eigenvalue weighted by Gasteiger charge is -2.01. The van der Waals surface area contributed by atoms with E-state index in [2.05, 4.69) is 9.71 Å². The van der Waals surface area contributed by atoms with Gasteiger partial charge in [-0.15, -0.1) is 22.7 Å². The molecular weight excluding hydrogens is 302 g/mol. The summed E-state index contributed by atoms with van der Waals surface area (Å²) >= 11 is 2.52. The molecule has 2 aromatic heterocycles. The Morgan fingerprint density at radius 3 is 2.74 bits per heavy atom. The van der Waals surface area contributed by atoms with E-state index in [1.165, 1.54) is 11.3 Å². The highest BCUT2D eigenvalue weighted by Gasteiger charge is 2.19. The predicted octanol–water partition coefficient (Wildman–Crippen LogP) is 2.33. The summed E-state index contributed by atoms with van der Waals surface area (Å²) in [4.78, 5) is 5.31. The molecule has 0 amide bonds.